The Kier molecular flexibility index (Phi) is 4.65. The van der Waals surface area contributed by atoms with Gasteiger partial charge in [-0.2, -0.15) is 0 Å². The van der Waals surface area contributed by atoms with Crippen LogP contribution >= 0.6 is 0 Å². The minimum atomic E-state index is 0.243. The van der Waals surface area contributed by atoms with Crippen LogP contribution < -0.4 is 10.6 Å². The molecule has 0 aromatic heterocycles. The van der Waals surface area contributed by atoms with E-state index in [-0.39, 0.29) is 6.04 Å². The van der Waals surface area contributed by atoms with Crippen molar-refractivity contribution in [3.63, 3.8) is 0 Å². The summed E-state index contributed by atoms with van der Waals surface area (Å²) >= 11 is 0. The third kappa shape index (κ3) is 3.74. The first-order valence-electron chi connectivity index (χ1n) is 7.21. The van der Waals surface area contributed by atoms with E-state index in [2.05, 4.69) is 43.1 Å². The Morgan fingerprint density at radius 1 is 1.22 bits per heavy atom. The van der Waals surface area contributed by atoms with Crippen LogP contribution in [0.5, 0.6) is 0 Å². The summed E-state index contributed by atoms with van der Waals surface area (Å²) in [6.07, 6.45) is 6.63. The highest BCUT2D eigenvalue weighted by atomic mass is 15.1. The average molecular weight is 246 g/mol. The SMILES string of the molecule is CC(N)Cc1ccc(N(C)CC2CCCC2)cc1. The maximum Gasteiger partial charge on any atom is 0.0363 e. The Labute approximate surface area is 111 Å². The summed E-state index contributed by atoms with van der Waals surface area (Å²) in [4.78, 5) is 2.39. The van der Waals surface area contributed by atoms with Gasteiger partial charge in [-0.3, -0.25) is 0 Å². The van der Waals surface area contributed by atoms with E-state index in [9.17, 15) is 0 Å². The van der Waals surface area contributed by atoms with Crippen molar-refractivity contribution in [2.45, 2.75) is 45.1 Å². The van der Waals surface area contributed by atoms with E-state index in [1.54, 1.807) is 0 Å². The molecule has 0 spiro atoms. The van der Waals surface area contributed by atoms with Crippen molar-refractivity contribution in [1.29, 1.82) is 0 Å². The Hall–Kier alpha value is -1.02. The number of benzene rings is 1. The monoisotopic (exact) mass is 246 g/mol. The fourth-order valence-corrected chi connectivity index (χ4v) is 2.94. The fourth-order valence-electron chi connectivity index (χ4n) is 2.94. The molecule has 100 valence electrons. The fraction of sp³-hybridized carbons (Fsp3) is 0.625. The summed E-state index contributed by atoms with van der Waals surface area (Å²) in [6, 6.07) is 9.12. The van der Waals surface area contributed by atoms with Gasteiger partial charge in [-0.1, -0.05) is 25.0 Å². The molecule has 0 amide bonds. The zero-order valence-electron chi connectivity index (χ0n) is 11.7. The van der Waals surface area contributed by atoms with E-state index < -0.39 is 0 Å². The van der Waals surface area contributed by atoms with E-state index in [0.717, 1.165) is 12.3 Å². The van der Waals surface area contributed by atoms with Crippen molar-refractivity contribution >= 4 is 5.69 Å². The summed E-state index contributed by atoms with van der Waals surface area (Å²) in [5.41, 5.74) is 8.49. The van der Waals surface area contributed by atoms with Crippen molar-refractivity contribution in [2.24, 2.45) is 11.7 Å². The molecular weight excluding hydrogens is 220 g/mol. The topological polar surface area (TPSA) is 29.3 Å². The average Bonchev–Trinajstić information content (AvgIpc) is 2.82. The second kappa shape index (κ2) is 6.24. The number of hydrogen-bond acceptors (Lipinski definition) is 2. The number of rotatable bonds is 5. The van der Waals surface area contributed by atoms with Crippen LogP contribution in [0.3, 0.4) is 0 Å². The molecule has 1 aromatic carbocycles. The molecular formula is C16H26N2. The molecule has 1 aliphatic rings. The first-order valence-corrected chi connectivity index (χ1v) is 7.21. The Bertz CT molecular complexity index is 350. The molecule has 2 rings (SSSR count). The molecule has 0 saturated heterocycles. The van der Waals surface area contributed by atoms with Gasteiger partial charge in [0.15, 0.2) is 0 Å². The highest BCUT2D eigenvalue weighted by molar-refractivity contribution is 5.47. The standard InChI is InChI=1S/C16H26N2/c1-13(17)11-14-7-9-16(10-8-14)18(2)12-15-5-3-4-6-15/h7-10,13,15H,3-6,11-12,17H2,1-2H3. The van der Waals surface area contributed by atoms with Gasteiger partial charge >= 0.3 is 0 Å². The zero-order chi connectivity index (χ0) is 13.0. The first-order chi connectivity index (χ1) is 8.65. The molecule has 1 unspecified atom stereocenters. The van der Waals surface area contributed by atoms with E-state index in [4.69, 9.17) is 5.73 Å². The molecule has 0 aliphatic heterocycles. The molecule has 0 bridgehead atoms. The minimum Gasteiger partial charge on any atom is -0.374 e. The summed E-state index contributed by atoms with van der Waals surface area (Å²) in [6.45, 7) is 3.26. The molecule has 1 saturated carbocycles. The van der Waals surface area contributed by atoms with E-state index >= 15 is 0 Å². The van der Waals surface area contributed by atoms with Gasteiger partial charge in [0.1, 0.15) is 0 Å². The van der Waals surface area contributed by atoms with Crippen molar-refractivity contribution in [1.82, 2.24) is 0 Å². The Morgan fingerprint density at radius 3 is 2.39 bits per heavy atom. The Balaban J connectivity index is 1.91. The first kappa shape index (κ1) is 13.4. The van der Waals surface area contributed by atoms with Crippen LogP contribution in [-0.2, 0) is 6.42 Å². The highest BCUT2D eigenvalue weighted by Crippen LogP contribution is 2.26. The lowest BCUT2D eigenvalue weighted by Gasteiger charge is -2.23. The molecule has 1 atom stereocenters. The van der Waals surface area contributed by atoms with Gasteiger partial charge in [-0.05, 0) is 49.8 Å². The highest BCUT2D eigenvalue weighted by Gasteiger charge is 2.16. The van der Waals surface area contributed by atoms with Crippen molar-refractivity contribution in [2.75, 3.05) is 18.5 Å². The molecule has 1 aromatic rings. The molecule has 18 heavy (non-hydrogen) atoms. The van der Waals surface area contributed by atoms with Crippen molar-refractivity contribution in [3.8, 4) is 0 Å². The van der Waals surface area contributed by atoms with E-state index in [1.165, 1.54) is 43.5 Å². The Morgan fingerprint density at radius 2 is 1.83 bits per heavy atom. The number of nitrogens with two attached hydrogens (primary N) is 1. The smallest absolute Gasteiger partial charge is 0.0363 e. The summed E-state index contributed by atoms with van der Waals surface area (Å²) in [7, 11) is 2.21. The maximum absolute atomic E-state index is 5.82. The lowest BCUT2D eigenvalue weighted by molar-refractivity contribution is 0.547. The van der Waals surface area contributed by atoms with Crippen LogP contribution in [0.2, 0.25) is 0 Å². The lowest BCUT2D eigenvalue weighted by atomic mass is 10.1. The molecule has 0 heterocycles. The largest absolute Gasteiger partial charge is 0.374 e. The molecule has 2 heteroatoms. The molecule has 2 N–H and O–H groups in total. The number of anilines is 1. The predicted octanol–water partition coefficient (Wildman–Crippen LogP) is 3.20. The van der Waals surface area contributed by atoms with Gasteiger partial charge in [0.25, 0.3) is 0 Å². The molecule has 1 fully saturated rings. The van der Waals surface area contributed by atoms with Crippen molar-refractivity contribution in [3.05, 3.63) is 29.8 Å². The normalized spacial score (nSPS) is 17.9. The van der Waals surface area contributed by atoms with Gasteiger partial charge in [-0.25, -0.2) is 0 Å². The third-order valence-corrected chi connectivity index (χ3v) is 3.94. The molecule has 0 radical (unpaired) electrons. The lowest BCUT2D eigenvalue weighted by Crippen LogP contribution is -2.24. The minimum absolute atomic E-state index is 0.243. The summed E-state index contributed by atoms with van der Waals surface area (Å²) in [5.74, 6) is 0.902. The van der Waals surface area contributed by atoms with Crippen LogP contribution in [0.4, 0.5) is 5.69 Å². The molecule has 2 nitrogen and oxygen atoms in total. The van der Waals surface area contributed by atoms with E-state index in [0.29, 0.717) is 0 Å². The van der Waals surface area contributed by atoms with Crippen LogP contribution in [0.1, 0.15) is 38.2 Å². The zero-order valence-corrected chi connectivity index (χ0v) is 11.7. The maximum atomic E-state index is 5.82. The quantitative estimate of drug-likeness (QED) is 0.864. The second-order valence-corrected chi connectivity index (χ2v) is 5.88. The van der Waals surface area contributed by atoms with Gasteiger partial charge < -0.3 is 10.6 Å². The number of hydrogen-bond donors (Lipinski definition) is 1. The van der Waals surface area contributed by atoms with Crippen molar-refractivity contribution < 1.29 is 0 Å². The van der Waals surface area contributed by atoms with Crippen LogP contribution in [0, 0.1) is 5.92 Å². The predicted molar refractivity (Wildman–Crippen MR) is 79.0 cm³/mol. The second-order valence-electron chi connectivity index (χ2n) is 5.88. The van der Waals surface area contributed by atoms with Gasteiger partial charge in [0.2, 0.25) is 0 Å². The van der Waals surface area contributed by atoms with Crippen LogP contribution in [-0.4, -0.2) is 19.6 Å². The van der Waals surface area contributed by atoms with Gasteiger partial charge in [0.05, 0.1) is 0 Å². The van der Waals surface area contributed by atoms with Crippen LogP contribution in [0.25, 0.3) is 0 Å². The molecule has 1 aliphatic carbocycles. The summed E-state index contributed by atoms with van der Waals surface area (Å²) in [5, 5.41) is 0. The van der Waals surface area contributed by atoms with Crippen LogP contribution in [0.15, 0.2) is 24.3 Å². The van der Waals surface area contributed by atoms with E-state index in [1.807, 2.05) is 0 Å². The van der Waals surface area contributed by atoms with Gasteiger partial charge in [0, 0.05) is 25.3 Å². The van der Waals surface area contributed by atoms with Gasteiger partial charge in [-0.15, -0.1) is 0 Å². The number of nitrogens with zero attached hydrogens (tertiary/aromatic N) is 1. The third-order valence-electron chi connectivity index (χ3n) is 3.94. The summed E-state index contributed by atoms with van der Waals surface area (Å²) < 4.78 is 0.